The van der Waals surface area contributed by atoms with Gasteiger partial charge in [-0.2, -0.15) is 0 Å². The Bertz CT molecular complexity index is 924. The number of hydrogen-bond donors (Lipinski definition) is 1. The first-order chi connectivity index (χ1) is 16.6. The Balaban J connectivity index is 0.980. The minimum Gasteiger partial charge on any atom is -0.470 e. The highest BCUT2D eigenvalue weighted by Gasteiger charge is 2.25. The van der Waals surface area contributed by atoms with Gasteiger partial charge in [-0.3, -0.25) is 4.79 Å². The number of nitrogens with one attached hydrogen (secondary N) is 1. The van der Waals surface area contributed by atoms with Crippen molar-refractivity contribution in [3.8, 4) is 5.19 Å². The molecule has 34 heavy (non-hydrogen) atoms. The number of hydrogen-bond acceptors (Lipinski definition) is 8. The molecular formula is C25H36N4O3S2. The molecule has 7 nitrogen and oxygen atoms in total. The maximum absolute atomic E-state index is 12.4. The van der Waals surface area contributed by atoms with Crippen LogP contribution in [-0.2, 0) is 28.8 Å². The lowest BCUT2D eigenvalue weighted by molar-refractivity contribution is -0.121. The highest BCUT2D eigenvalue weighted by atomic mass is 32.1. The largest absolute Gasteiger partial charge is 0.470 e. The molecule has 5 rings (SSSR count). The molecule has 3 aliphatic rings. The zero-order chi connectivity index (χ0) is 23.3. The van der Waals surface area contributed by atoms with E-state index in [1.165, 1.54) is 36.4 Å². The van der Waals surface area contributed by atoms with Crippen molar-refractivity contribution >= 4 is 28.6 Å². The molecule has 0 bridgehead atoms. The SMILES string of the molecule is Cc1ncc(CC(=O)NC2CCC(CCN3CCc4nc(OCC5COC5)sc4CC3)CC2)s1. The van der Waals surface area contributed by atoms with E-state index in [0.717, 1.165) is 79.6 Å². The van der Waals surface area contributed by atoms with Gasteiger partial charge in [0.1, 0.15) is 0 Å². The van der Waals surface area contributed by atoms with Crippen LogP contribution in [0.1, 0.15) is 52.6 Å². The summed E-state index contributed by atoms with van der Waals surface area (Å²) in [6, 6.07) is 0.339. The second kappa shape index (κ2) is 11.5. The van der Waals surface area contributed by atoms with Crippen LogP contribution in [0, 0.1) is 18.8 Å². The molecule has 0 radical (unpaired) electrons. The van der Waals surface area contributed by atoms with Crippen molar-refractivity contribution < 1.29 is 14.3 Å². The first-order valence-corrected chi connectivity index (χ1v) is 14.4. The van der Waals surface area contributed by atoms with Crippen LogP contribution in [0.5, 0.6) is 5.19 Å². The Labute approximate surface area is 210 Å². The molecule has 4 heterocycles. The third-order valence-corrected chi connectivity index (χ3v) is 9.28. The van der Waals surface area contributed by atoms with Crippen LogP contribution in [0.25, 0.3) is 0 Å². The Morgan fingerprint density at radius 3 is 2.74 bits per heavy atom. The number of amides is 1. The van der Waals surface area contributed by atoms with Crippen molar-refractivity contribution in [1.82, 2.24) is 20.2 Å². The highest BCUT2D eigenvalue weighted by molar-refractivity contribution is 7.13. The molecule has 9 heteroatoms. The van der Waals surface area contributed by atoms with Crippen molar-refractivity contribution in [3.05, 3.63) is 26.7 Å². The maximum Gasteiger partial charge on any atom is 0.273 e. The van der Waals surface area contributed by atoms with E-state index in [2.05, 4.69) is 15.2 Å². The zero-order valence-electron chi connectivity index (χ0n) is 20.1. The highest BCUT2D eigenvalue weighted by Crippen LogP contribution is 2.30. The van der Waals surface area contributed by atoms with Crippen LogP contribution in [0.2, 0.25) is 0 Å². The van der Waals surface area contributed by atoms with Gasteiger partial charge in [0.05, 0.1) is 36.9 Å². The van der Waals surface area contributed by atoms with Crippen LogP contribution in [0.3, 0.4) is 0 Å². The minimum atomic E-state index is 0.142. The molecule has 2 fully saturated rings. The first kappa shape index (κ1) is 24.2. The summed E-state index contributed by atoms with van der Waals surface area (Å²) < 4.78 is 11.1. The molecule has 1 saturated carbocycles. The number of rotatable bonds is 9. The molecule has 0 unspecified atom stereocenters. The molecule has 0 atom stereocenters. The number of nitrogens with zero attached hydrogens (tertiary/aromatic N) is 3. The molecule has 2 aromatic heterocycles. The van der Waals surface area contributed by atoms with Crippen molar-refractivity contribution in [2.45, 2.75) is 64.3 Å². The van der Waals surface area contributed by atoms with E-state index in [0.29, 0.717) is 18.4 Å². The molecule has 1 aliphatic carbocycles. The van der Waals surface area contributed by atoms with E-state index >= 15 is 0 Å². The molecule has 2 aromatic rings. The summed E-state index contributed by atoms with van der Waals surface area (Å²) >= 11 is 3.35. The average Bonchev–Trinajstić information content (AvgIpc) is 3.33. The van der Waals surface area contributed by atoms with Crippen molar-refractivity contribution in [2.75, 3.05) is 39.5 Å². The van der Waals surface area contributed by atoms with Crippen LogP contribution in [0.15, 0.2) is 6.20 Å². The summed E-state index contributed by atoms with van der Waals surface area (Å²) in [6.45, 7) is 7.74. The Morgan fingerprint density at radius 1 is 1.18 bits per heavy atom. The lowest BCUT2D eigenvalue weighted by atomic mass is 9.84. The van der Waals surface area contributed by atoms with Crippen molar-refractivity contribution in [1.29, 1.82) is 0 Å². The second-order valence-electron chi connectivity index (χ2n) is 10.0. The summed E-state index contributed by atoms with van der Waals surface area (Å²) in [7, 11) is 0. The van der Waals surface area contributed by atoms with Crippen LogP contribution in [-0.4, -0.2) is 66.3 Å². The molecule has 0 aromatic carbocycles. The lowest BCUT2D eigenvalue weighted by Gasteiger charge is -2.30. The van der Waals surface area contributed by atoms with Gasteiger partial charge in [0, 0.05) is 47.4 Å². The van der Waals surface area contributed by atoms with Gasteiger partial charge >= 0.3 is 0 Å². The second-order valence-corrected chi connectivity index (χ2v) is 12.4. The minimum absolute atomic E-state index is 0.142. The first-order valence-electron chi connectivity index (χ1n) is 12.7. The van der Waals surface area contributed by atoms with Crippen LogP contribution < -0.4 is 10.1 Å². The van der Waals surface area contributed by atoms with E-state index < -0.39 is 0 Å². The van der Waals surface area contributed by atoms with E-state index in [4.69, 9.17) is 14.5 Å². The summed E-state index contributed by atoms with van der Waals surface area (Å²) in [5, 5.41) is 5.12. The quantitative estimate of drug-likeness (QED) is 0.562. The van der Waals surface area contributed by atoms with E-state index in [1.54, 1.807) is 22.7 Å². The van der Waals surface area contributed by atoms with Crippen LogP contribution >= 0.6 is 22.7 Å². The number of carbonyl (C=O) groups is 1. The Hall–Kier alpha value is -1.55. The van der Waals surface area contributed by atoms with Gasteiger partial charge in [0.15, 0.2) is 0 Å². The Morgan fingerprint density at radius 2 is 2.00 bits per heavy atom. The number of aromatic nitrogens is 2. The molecular weight excluding hydrogens is 468 g/mol. The van der Waals surface area contributed by atoms with Gasteiger partial charge < -0.3 is 19.7 Å². The summed E-state index contributed by atoms with van der Waals surface area (Å²) in [4.78, 5) is 26.5. The predicted octanol–water partition coefficient (Wildman–Crippen LogP) is 3.64. The molecule has 1 amide bonds. The molecule has 2 aliphatic heterocycles. The molecule has 1 N–H and O–H groups in total. The molecule has 1 saturated heterocycles. The number of carbonyl (C=O) groups excluding carboxylic acids is 1. The maximum atomic E-state index is 12.4. The topological polar surface area (TPSA) is 76.6 Å². The fourth-order valence-corrected chi connectivity index (χ4v) is 6.87. The number of thiazole rings is 2. The lowest BCUT2D eigenvalue weighted by Crippen LogP contribution is -2.38. The number of fused-ring (bicyclic) bond motifs is 1. The fraction of sp³-hybridized carbons (Fsp3) is 0.720. The van der Waals surface area contributed by atoms with Gasteiger partial charge in [0.25, 0.3) is 5.19 Å². The smallest absolute Gasteiger partial charge is 0.273 e. The van der Waals surface area contributed by atoms with Gasteiger partial charge in [-0.25, -0.2) is 9.97 Å². The summed E-state index contributed by atoms with van der Waals surface area (Å²) in [6.07, 6.45) is 10.3. The van der Waals surface area contributed by atoms with Gasteiger partial charge in [-0.1, -0.05) is 11.3 Å². The fourth-order valence-electron chi connectivity index (χ4n) is 5.13. The molecule has 186 valence electrons. The van der Waals surface area contributed by atoms with Gasteiger partial charge in [-0.05, 0) is 57.9 Å². The summed E-state index contributed by atoms with van der Waals surface area (Å²) in [5.41, 5.74) is 1.25. The van der Waals surface area contributed by atoms with Crippen LogP contribution in [0.4, 0.5) is 0 Å². The Kier molecular flexibility index (Phi) is 8.14. The normalized spacial score (nSPS) is 23.7. The standard InChI is InChI=1S/C25H36N4O3S2/c1-17-26-13-21(33-17)12-24(30)27-20-4-2-18(3-5-20)6-9-29-10-7-22-23(8-11-29)34-25(28-22)32-16-19-14-31-15-19/h13,18-20H,2-12,14-16H2,1H3,(H,27,30). The zero-order valence-corrected chi connectivity index (χ0v) is 21.7. The number of aryl methyl sites for hydroxylation is 1. The predicted molar refractivity (Wildman–Crippen MR) is 135 cm³/mol. The van der Waals surface area contributed by atoms with Gasteiger partial charge in [0.2, 0.25) is 5.91 Å². The van der Waals surface area contributed by atoms with Crippen molar-refractivity contribution in [2.24, 2.45) is 11.8 Å². The third kappa shape index (κ3) is 6.56. The van der Waals surface area contributed by atoms with Gasteiger partial charge in [-0.15, -0.1) is 11.3 Å². The van der Waals surface area contributed by atoms with E-state index in [1.807, 2.05) is 13.1 Å². The summed E-state index contributed by atoms with van der Waals surface area (Å²) in [5.74, 6) is 1.46. The van der Waals surface area contributed by atoms with E-state index in [9.17, 15) is 4.79 Å². The number of ether oxygens (including phenoxy) is 2. The average molecular weight is 505 g/mol. The van der Waals surface area contributed by atoms with E-state index in [-0.39, 0.29) is 5.91 Å². The van der Waals surface area contributed by atoms with Crippen molar-refractivity contribution in [3.63, 3.8) is 0 Å². The third-order valence-electron chi connectivity index (χ3n) is 7.30. The molecule has 0 spiro atoms. The monoisotopic (exact) mass is 504 g/mol.